The predicted molar refractivity (Wildman–Crippen MR) is 52.3 cm³/mol. The summed E-state index contributed by atoms with van der Waals surface area (Å²) < 4.78 is 0. The molecule has 0 bridgehead atoms. The van der Waals surface area contributed by atoms with Crippen molar-refractivity contribution in [2.24, 2.45) is 5.92 Å². The van der Waals surface area contributed by atoms with E-state index in [9.17, 15) is 4.79 Å². The SMILES string of the molecule is C=CC1=CCC(C=CC(=O)O)C=C1. The fourth-order valence-electron chi connectivity index (χ4n) is 1.15. The van der Waals surface area contributed by atoms with Gasteiger partial charge in [0.2, 0.25) is 0 Å². The summed E-state index contributed by atoms with van der Waals surface area (Å²) in [6, 6.07) is 0. The van der Waals surface area contributed by atoms with Gasteiger partial charge in [0.05, 0.1) is 0 Å². The van der Waals surface area contributed by atoms with Crippen molar-refractivity contribution in [3.8, 4) is 0 Å². The van der Waals surface area contributed by atoms with Crippen molar-refractivity contribution in [2.45, 2.75) is 6.42 Å². The molecule has 2 nitrogen and oxygen atoms in total. The third-order valence-corrected chi connectivity index (χ3v) is 1.88. The Balaban J connectivity index is 2.52. The molecule has 1 unspecified atom stereocenters. The first-order valence-corrected chi connectivity index (χ1v) is 4.14. The number of allylic oxidation sites excluding steroid dienone is 6. The molecule has 0 radical (unpaired) electrons. The zero-order chi connectivity index (χ0) is 9.68. The second-order valence-corrected chi connectivity index (χ2v) is 2.86. The third kappa shape index (κ3) is 3.11. The van der Waals surface area contributed by atoms with Crippen molar-refractivity contribution in [3.05, 3.63) is 48.6 Å². The summed E-state index contributed by atoms with van der Waals surface area (Å²) in [6.45, 7) is 3.65. The number of hydrogen-bond donors (Lipinski definition) is 1. The summed E-state index contributed by atoms with van der Waals surface area (Å²) in [5.41, 5.74) is 1.10. The van der Waals surface area contributed by atoms with Crippen LogP contribution < -0.4 is 0 Å². The van der Waals surface area contributed by atoms with E-state index in [1.165, 1.54) is 6.08 Å². The normalized spacial score (nSPS) is 21.5. The van der Waals surface area contributed by atoms with Gasteiger partial charge in [0.1, 0.15) is 0 Å². The Hall–Kier alpha value is -1.57. The second kappa shape index (κ2) is 4.45. The van der Waals surface area contributed by atoms with Crippen LogP contribution in [0, 0.1) is 5.92 Å². The topological polar surface area (TPSA) is 37.3 Å². The van der Waals surface area contributed by atoms with Crippen molar-refractivity contribution >= 4 is 5.97 Å². The Morgan fingerprint density at radius 3 is 2.92 bits per heavy atom. The van der Waals surface area contributed by atoms with Crippen LogP contribution in [0.5, 0.6) is 0 Å². The Morgan fingerprint density at radius 2 is 2.46 bits per heavy atom. The van der Waals surface area contributed by atoms with Gasteiger partial charge in [-0.05, 0) is 17.9 Å². The van der Waals surface area contributed by atoms with Gasteiger partial charge in [0.15, 0.2) is 0 Å². The molecule has 0 aliphatic heterocycles. The first kappa shape index (κ1) is 9.52. The smallest absolute Gasteiger partial charge is 0.327 e. The second-order valence-electron chi connectivity index (χ2n) is 2.86. The average molecular weight is 176 g/mol. The molecule has 1 aliphatic rings. The molecule has 1 aliphatic carbocycles. The Bertz CT molecular complexity index is 295. The molecule has 1 N–H and O–H groups in total. The quantitative estimate of drug-likeness (QED) is 0.670. The molecule has 1 atom stereocenters. The summed E-state index contributed by atoms with van der Waals surface area (Å²) >= 11 is 0. The molecule has 0 saturated carbocycles. The van der Waals surface area contributed by atoms with Crippen LogP contribution in [0.25, 0.3) is 0 Å². The highest BCUT2D eigenvalue weighted by Gasteiger charge is 2.03. The van der Waals surface area contributed by atoms with Crippen LogP contribution in [0.2, 0.25) is 0 Å². The summed E-state index contributed by atoms with van der Waals surface area (Å²) in [5.74, 6) is -0.688. The van der Waals surface area contributed by atoms with E-state index in [0.717, 1.165) is 12.0 Å². The first-order valence-electron chi connectivity index (χ1n) is 4.14. The lowest BCUT2D eigenvalue weighted by Crippen LogP contribution is -1.97. The number of rotatable bonds is 3. The van der Waals surface area contributed by atoms with E-state index in [-0.39, 0.29) is 5.92 Å². The molecule has 0 saturated heterocycles. The molecular formula is C11H12O2. The zero-order valence-corrected chi connectivity index (χ0v) is 7.31. The standard InChI is InChI=1S/C11H12O2/c1-2-9-3-5-10(6-4-9)7-8-11(12)13/h2-5,7-8,10H,1,6H2,(H,12,13). The van der Waals surface area contributed by atoms with Crippen molar-refractivity contribution in [3.63, 3.8) is 0 Å². The molecule has 0 amide bonds. The predicted octanol–water partition coefficient (Wildman–Crippen LogP) is 2.32. The van der Waals surface area contributed by atoms with E-state index < -0.39 is 5.97 Å². The van der Waals surface area contributed by atoms with E-state index >= 15 is 0 Å². The number of carbonyl (C=O) groups is 1. The van der Waals surface area contributed by atoms with E-state index in [4.69, 9.17) is 5.11 Å². The van der Waals surface area contributed by atoms with Crippen LogP contribution in [0.1, 0.15) is 6.42 Å². The van der Waals surface area contributed by atoms with Gasteiger partial charge in [-0.25, -0.2) is 4.79 Å². The lowest BCUT2D eigenvalue weighted by molar-refractivity contribution is -0.131. The third-order valence-electron chi connectivity index (χ3n) is 1.88. The zero-order valence-electron chi connectivity index (χ0n) is 7.31. The van der Waals surface area contributed by atoms with Crippen LogP contribution in [0.3, 0.4) is 0 Å². The Labute approximate surface area is 77.6 Å². The minimum absolute atomic E-state index is 0.208. The van der Waals surface area contributed by atoms with Gasteiger partial charge in [-0.3, -0.25) is 0 Å². The molecule has 1 rings (SSSR count). The van der Waals surface area contributed by atoms with Crippen LogP contribution in [-0.2, 0) is 4.79 Å². The summed E-state index contributed by atoms with van der Waals surface area (Å²) in [4.78, 5) is 10.2. The van der Waals surface area contributed by atoms with Crippen LogP contribution in [0.15, 0.2) is 48.6 Å². The highest BCUT2D eigenvalue weighted by Crippen LogP contribution is 2.17. The molecule has 0 aromatic heterocycles. The van der Waals surface area contributed by atoms with E-state index in [1.54, 1.807) is 12.2 Å². The molecule has 0 spiro atoms. The molecule has 0 aromatic rings. The number of hydrogen-bond acceptors (Lipinski definition) is 1. The van der Waals surface area contributed by atoms with Gasteiger partial charge in [-0.15, -0.1) is 0 Å². The summed E-state index contributed by atoms with van der Waals surface area (Å²) in [7, 11) is 0. The minimum Gasteiger partial charge on any atom is -0.478 e. The molecule has 0 fully saturated rings. The lowest BCUT2D eigenvalue weighted by atomic mass is 9.96. The van der Waals surface area contributed by atoms with Crippen LogP contribution >= 0.6 is 0 Å². The van der Waals surface area contributed by atoms with Gasteiger partial charge in [0.25, 0.3) is 0 Å². The fourth-order valence-corrected chi connectivity index (χ4v) is 1.15. The lowest BCUT2D eigenvalue weighted by Gasteiger charge is -2.09. The largest absolute Gasteiger partial charge is 0.478 e. The average Bonchev–Trinajstić information content (AvgIpc) is 2.15. The number of aliphatic carboxylic acids is 1. The molecule has 2 heteroatoms. The molecule has 68 valence electrons. The minimum atomic E-state index is -0.896. The monoisotopic (exact) mass is 176 g/mol. The first-order chi connectivity index (χ1) is 6.22. The van der Waals surface area contributed by atoms with Gasteiger partial charge in [0, 0.05) is 6.08 Å². The number of carboxylic acids is 1. The molecular weight excluding hydrogens is 164 g/mol. The Morgan fingerprint density at radius 1 is 1.69 bits per heavy atom. The number of carboxylic acid groups (broad SMARTS) is 1. The van der Waals surface area contributed by atoms with Crippen molar-refractivity contribution in [1.29, 1.82) is 0 Å². The molecule has 0 aromatic carbocycles. The van der Waals surface area contributed by atoms with Crippen molar-refractivity contribution in [2.75, 3.05) is 0 Å². The van der Waals surface area contributed by atoms with Crippen LogP contribution in [0.4, 0.5) is 0 Å². The van der Waals surface area contributed by atoms with Crippen molar-refractivity contribution < 1.29 is 9.90 Å². The van der Waals surface area contributed by atoms with Gasteiger partial charge in [-0.2, -0.15) is 0 Å². The van der Waals surface area contributed by atoms with Gasteiger partial charge >= 0.3 is 5.97 Å². The maximum Gasteiger partial charge on any atom is 0.327 e. The van der Waals surface area contributed by atoms with E-state index in [1.807, 2.05) is 18.2 Å². The Kier molecular flexibility index (Phi) is 3.26. The maximum atomic E-state index is 10.2. The van der Waals surface area contributed by atoms with Gasteiger partial charge in [-0.1, -0.05) is 37.0 Å². The molecule has 13 heavy (non-hydrogen) atoms. The van der Waals surface area contributed by atoms with Crippen LogP contribution in [-0.4, -0.2) is 11.1 Å². The fraction of sp³-hybridized carbons (Fsp3) is 0.182. The maximum absolute atomic E-state index is 10.2. The van der Waals surface area contributed by atoms with Crippen molar-refractivity contribution in [1.82, 2.24) is 0 Å². The summed E-state index contributed by atoms with van der Waals surface area (Å²) in [6.07, 6.45) is 11.5. The molecule has 0 heterocycles. The van der Waals surface area contributed by atoms with E-state index in [2.05, 4.69) is 6.58 Å². The van der Waals surface area contributed by atoms with E-state index in [0.29, 0.717) is 0 Å². The summed E-state index contributed by atoms with van der Waals surface area (Å²) in [5, 5.41) is 8.40. The highest BCUT2D eigenvalue weighted by molar-refractivity contribution is 5.79. The van der Waals surface area contributed by atoms with Gasteiger partial charge < -0.3 is 5.11 Å². The highest BCUT2D eigenvalue weighted by atomic mass is 16.4.